The molecule has 0 aromatic heterocycles. The van der Waals surface area contributed by atoms with E-state index in [-0.39, 0.29) is 6.04 Å². The summed E-state index contributed by atoms with van der Waals surface area (Å²) < 4.78 is 10.4. The molecule has 7 nitrogen and oxygen atoms in total. The number of carbonyl (C=O) groups is 2. The topological polar surface area (TPSA) is 88.1 Å². The molecule has 0 radical (unpaired) electrons. The van der Waals surface area contributed by atoms with Gasteiger partial charge in [0.05, 0.1) is 19.8 Å². The van der Waals surface area contributed by atoms with Crippen LogP contribution in [0.5, 0.6) is 5.75 Å². The maximum Gasteiger partial charge on any atom is 0.333 e. The van der Waals surface area contributed by atoms with Gasteiger partial charge < -0.3 is 24.8 Å². The number of nitrogens with one attached hydrogen (secondary N) is 1. The highest BCUT2D eigenvalue weighted by molar-refractivity contribution is 5.88. The lowest BCUT2D eigenvalue weighted by Gasteiger charge is -2.60. The first-order valence-corrected chi connectivity index (χ1v) is 10.9. The van der Waals surface area contributed by atoms with Crippen molar-refractivity contribution in [1.82, 2.24) is 10.2 Å². The Balaban J connectivity index is 2.26. The van der Waals surface area contributed by atoms with Gasteiger partial charge in [-0.2, -0.15) is 0 Å². The van der Waals surface area contributed by atoms with E-state index in [1.165, 1.54) is 7.11 Å². The number of likely N-dealkylation sites (N-methyl/N-ethyl adjacent to an activating group) is 1. The summed E-state index contributed by atoms with van der Waals surface area (Å²) in [6.45, 7) is 6.56. The van der Waals surface area contributed by atoms with E-state index >= 15 is 0 Å². The van der Waals surface area contributed by atoms with E-state index in [4.69, 9.17) is 9.47 Å². The van der Waals surface area contributed by atoms with Crippen molar-refractivity contribution >= 4 is 12.4 Å². The second kappa shape index (κ2) is 9.08. The molecule has 3 atom stereocenters. The Kier molecular flexibility index (Phi) is 6.81. The standard InChI is InChI=1S/C25H34N2O5/c1-16-7-8-20(31-5)12-21(16)24-9-10-27(4)18(3)25(24,30)13-19(22(14-24)26-15-28)11-17(2)23(29)32-6/h7-8,11-12,15,18,30H,9-10,13-14H2,1-6H3,(H,26,28)/b17-11+/t18?,24-,25?/m0/s1. The van der Waals surface area contributed by atoms with Crippen LogP contribution in [0.1, 0.15) is 44.2 Å². The lowest BCUT2D eigenvalue weighted by molar-refractivity contribution is -0.136. The minimum atomic E-state index is -1.13. The lowest BCUT2D eigenvalue weighted by atomic mass is 9.53. The Morgan fingerprint density at radius 1 is 1.31 bits per heavy atom. The van der Waals surface area contributed by atoms with Crippen molar-refractivity contribution in [2.45, 2.75) is 57.1 Å². The summed E-state index contributed by atoms with van der Waals surface area (Å²) in [5.74, 6) is 0.291. The van der Waals surface area contributed by atoms with E-state index in [0.717, 1.165) is 35.4 Å². The Bertz CT molecular complexity index is 969. The third-order valence-corrected chi connectivity index (χ3v) is 7.49. The second-order valence-electron chi connectivity index (χ2n) is 9.03. The third kappa shape index (κ3) is 3.84. The molecule has 1 aliphatic carbocycles. The van der Waals surface area contributed by atoms with Gasteiger partial charge in [0.2, 0.25) is 6.41 Å². The number of esters is 1. The molecule has 3 rings (SSSR count). The zero-order valence-corrected chi connectivity index (χ0v) is 19.8. The van der Waals surface area contributed by atoms with Crippen LogP contribution < -0.4 is 10.1 Å². The number of benzene rings is 1. The number of fused-ring (bicyclic) bond motifs is 1. The van der Waals surface area contributed by atoms with Crippen LogP contribution in [0.3, 0.4) is 0 Å². The molecule has 32 heavy (non-hydrogen) atoms. The largest absolute Gasteiger partial charge is 0.497 e. The summed E-state index contributed by atoms with van der Waals surface area (Å²) in [6, 6.07) is 5.79. The number of aryl methyl sites for hydroxylation is 1. The molecule has 1 aromatic carbocycles. The Labute approximate surface area is 190 Å². The maximum atomic E-state index is 12.4. The first-order valence-electron chi connectivity index (χ1n) is 10.9. The van der Waals surface area contributed by atoms with Crippen LogP contribution >= 0.6 is 0 Å². The number of nitrogens with zero attached hydrogens (tertiary/aromatic N) is 1. The number of hydrogen-bond acceptors (Lipinski definition) is 6. The molecule has 2 unspecified atom stereocenters. The van der Waals surface area contributed by atoms with Crippen molar-refractivity contribution in [2.75, 3.05) is 27.8 Å². The molecule has 1 aliphatic heterocycles. The predicted octanol–water partition coefficient (Wildman–Crippen LogP) is 2.61. The van der Waals surface area contributed by atoms with E-state index in [0.29, 0.717) is 30.5 Å². The molecule has 1 heterocycles. The minimum Gasteiger partial charge on any atom is -0.497 e. The van der Waals surface area contributed by atoms with Gasteiger partial charge in [0, 0.05) is 35.6 Å². The van der Waals surface area contributed by atoms with Gasteiger partial charge in [0.15, 0.2) is 0 Å². The Morgan fingerprint density at radius 2 is 2.03 bits per heavy atom. The van der Waals surface area contributed by atoms with Gasteiger partial charge in [0.25, 0.3) is 0 Å². The molecule has 1 aromatic rings. The van der Waals surface area contributed by atoms with Gasteiger partial charge in [-0.25, -0.2) is 4.79 Å². The molecule has 2 aliphatic rings. The van der Waals surface area contributed by atoms with Crippen molar-refractivity contribution in [2.24, 2.45) is 0 Å². The lowest BCUT2D eigenvalue weighted by Crippen LogP contribution is -2.68. The number of rotatable bonds is 6. The number of methoxy groups -OCH3 is 2. The summed E-state index contributed by atoms with van der Waals surface area (Å²) in [5.41, 5.74) is 2.20. The van der Waals surface area contributed by atoms with Crippen LogP contribution in [0.4, 0.5) is 0 Å². The maximum absolute atomic E-state index is 12.4. The molecule has 2 N–H and O–H groups in total. The van der Waals surface area contributed by atoms with E-state index in [9.17, 15) is 14.7 Å². The van der Waals surface area contributed by atoms with Crippen LogP contribution in [0.2, 0.25) is 0 Å². The van der Waals surface area contributed by atoms with Crippen LogP contribution in [0, 0.1) is 6.92 Å². The Morgan fingerprint density at radius 3 is 2.66 bits per heavy atom. The number of likely N-dealkylation sites (tertiary alicyclic amines) is 1. The second-order valence-corrected chi connectivity index (χ2v) is 9.03. The zero-order chi connectivity index (χ0) is 23.7. The van der Waals surface area contributed by atoms with Crippen molar-refractivity contribution < 1.29 is 24.2 Å². The highest BCUT2D eigenvalue weighted by Crippen LogP contribution is 2.56. The normalized spacial score (nSPS) is 28.7. The highest BCUT2D eigenvalue weighted by Gasteiger charge is 2.60. The van der Waals surface area contributed by atoms with Crippen LogP contribution in [-0.2, 0) is 19.7 Å². The number of amides is 1. The molecule has 7 heteroatoms. The van der Waals surface area contributed by atoms with Crippen molar-refractivity contribution in [1.29, 1.82) is 0 Å². The molecular weight excluding hydrogens is 408 g/mol. The fraction of sp³-hybridized carbons (Fsp3) is 0.520. The van der Waals surface area contributed by atoms with E-state index in [2.05, 4.69) is 10.2 Å². The quantitative estimate of drug-likeness (QED) is 0.400. The van der Waals surface area contributed by atoms with E-state index in [1.54, 1.807) is 20.1 Å². The molecule has 1 fully saturated rings. The number of piperidine rings is 1. The summed E-state index contributed by atoms with van der Waals surface area (Å²) in [5, 5.41) is 15.3. The average molecular weight is 443 g/mol. The summed E-state index contributed by atoms with van der Waals surface area (Å²) in [6.07, 6.45) is 3.83. The van der Waals surface area contributed by atoms with E-state index in [1.807, 2.05) is 39.1 Å². The van der Waals surface area contributed by atoms with Crippen molar-refractivity contribution in [3.05, 3.63) is 52.2 Å². The summed E-state index contributed by atoms with van der Waals surface area (Å²) in [4.78, 5) is 25.7. The third-order valence-electron chi connectivity index (χ3n) is 7.49. The van der Waals surface area contributed by atoms with Gasteiger partial charge in [0.1, 0.15) is 5.75 Å². The molecule has 0 saturated carbocycles. The van der Waals surface area contributed by atoms with Gasteiger partial charge in [-0.05, 0) is 75.7 Å². The average Bonchev–Trinajstić information content (AvgIpc) is 2.78. The smallest absolute Gasteiger partial charge is 0.333 e. The molecule has 1 amide bonds. The molecule has 0 spiro atoms. The van der Waals surface area contributed by atoms with Crippen LogP contribution in [0.25, 0.3) is 0 Å². The van der Waals surface area contributed by atoms with Gasteiger partial charge in [-0.15, -0.1) is 0 Å². The van der Waals surface area contributed by atoms with Gasteiger partial charge in [-0.1, -0.05) is 6.07 Å². The van der Waals surface area contributed by atoms with Crippen molar-refractivity contribution in [3.63, 3.8) is 0 Å². The van der Waals surface area contributed by atoms with Crippen molar-refractivity contribution in [3.8, 4) is 5.75 Å². The predicted molar refractivity (Wildman–Crippen MR) is 122 cm³/mol. The van der Waals surface area contributed by atoms with Gasteiger partial charge >= 0.3 is 5.97 Å². The minimum absolute atomic E-state index is 0.151. The van der Waals surface area contributed by atoms with E-state index < -0.39 is 17.0 Å². The monoisotopic (exact) mass is 442 g/mol. The van der Waals surface area contributed by atoms with Crippen LogP contribution in [-0.4, -0.2) is 61.8 Å². The Hall–Kier alpha value is -2.64. The van der Waals surface area contributed by atoms with Crippen LogP contribution in [0.15, 0.2) is 41.1 Å². The zero-order valence-electron chi connectivity index (χ0n) is 19.8. The summed E-state index contributed by atoms with van der Waals surface area (Å²) in [7, 11) is 4.99. The molecule has 0 bridgehead atoms. The fourth-order valence-electron chi connectivity index (χ4n) is 5.45. The SMILES string of the molecule is COC(=O)/C(C)=C/C1=C(NC=O)C[C@]2(c3cc(OC)ccc3C)CCN(C)C(C)C2(O)C1. The number of carbonyl (C=O) groups excluding carboxylic acids is 2. The number of aliphatic hydroxyl groups is 1. The number of ether oxygens (including phenoxy) is 2. The first kappa shape index (κ1) is 24.0. The fourth-order valence-corrected chi connectivity index (χ4v) is 5.45. The van der Waals surface area contributed by atoms with Gasteiger partial charge in [-0.3, -0.25) is 4.79 Å². The highest BCUT2D eigenvalue weighted by atomic mass is 16.5. The first-order chi connectivity index (χ1) is 15.1. The molecule has 174 valence electrons. The number of hydrogen-bond donors (Lipinski definition) is 2. The summed E-state index contributed by atoms with van der Waals surface area (Å²) >= 11 is 0. The number of allylic oxidation sites excluding steroid dienone is 2. The molecular formula is C25H34N2O5. The molecule has 1 saturated heterocycles.